The van der Waals surface area contributed by atoms with Gasteiger partial charge in [-0.05, 0) is 57.9 Å². The number of ether oxygens (including phenoxy) is 1. The minimum atomic E-state index is -3.76. The van der Waals surface area contributed by atoms with Gasteiger partial charge in [0, 0.05) is 24.7 Å². The second-order valence-corrected chi connectivity index (χ2v) is 8.86. The van der Waals surface area contributed by atoms with Gasteiger partial charge >= 0.3 is 6.09 Å². The van der Waals surface area contributed by atoms with Crippen LogP contribution in [0.5, 0.6) is 0 Å². The number of carbonyl (C=O) groups excluding carboxylic acids is 2. The van der Waals surface area contributed by atoms with E-state index in [0.29, 0.717) is 31.6 Å². The molecule has 0 unspecified atom stereocenters. The van der Waals surface area contributed by atoms with E-state index < -0.39 is 15.6 Å². The molecule has 1 heterocycles. The average Bonchev–Trinajstić information content (AvgIpc) is 2.53. The molecule has 1 aliphatic rings. The summed E-state index contributed by atoms with van der Waals surface area (Å²) in [7, 11) is -3.76. The lowest BCUT2D eigenvalue weighted by Crippen LogP contribution is -2.43. The van der Waals surface area contributed by atoms with E-state index in [1.165, 1.54) is 24.3 Å². The molecule has 0 aliphatic carbocycles. The number of hydrogen-bond donors (Lipinski definition) is 2. The molecule has 0 atom stereocenters. The van der Waals surface area contributed by atoms with Crippen LogP contribution >= 0.6 is 0 Å². The lowest BCUT2D eigenvalue weighted by molar-refractivity contribution is -0.121. The van der Waals surface area contributed by atoms with Crippen LogP contribution in [0.4, 0.5) is 10.5 Å². The number of carbonyl (C=O) groups is 2. The number of primary sulfonamides is 1. The van der Waals surface area contributed by atoms with Crippen molar-refractivity contribution in [2.24, 2.45) is 11.1 Å². The van der Waals surface area contributed by atoms with Crippen molar-refractivity contribution in [2.75, 3.05) is 18.4 Å². The Labute approximate surface area is 153 Å². The van der Waals surface area contributed by atoms with E-state index in [-0.39, 0.29) is 22.8 Å². The van der Waals surface area contributed by atoms with Crippen LogP contribution in [0.2, 0.25) is 0 Å². The number of likely N-dealkylation sites (tertiary alicyclic amines) is 1. The van der Waals surface area contributed by atoms with Gasteiger partial charge in [0.25, 0.3) is 0 Å². The van der Waals surface area contributed by atoms with E-state index in [2.05, 4.69) is 5.32 Å². The summed E-state index contributed by atoms with van der Waals surface area (Å²) < 4.78 is 27.8. The summed E-state index contributed by atoms with van der Waals surface area (Å²) in [6.45, 7) is 6.35. The first-order valence-corrected chi connectivity index (χ1v) is 9.92. The van der Waals surface area contributed by atoms with Gasteiger partial charge in [0.15, 0.2) is 0 Å². The minimum Gasteiger partial charge on any atom is -0.444 e. The highest BCUT2D eigenvalue weighted by molar-refractivity contribution is 7.89. The number of hydrogen-bond acceptors (Lipinski definition) is 5. The summed E-state index contributed by atoms with van der Waals surface area (Å²) in [4.78, 5) is 26.0. The van der Waals surface area contributed by atoms with Crippen LogP contribution < -0.4 is 10.5 Å². The van der Waals surface area contributed by atoms with Gasteiger partial charge in [0.1, 0.15) is 5.60 Å². The Balaban J connectivity index is 1.87. The Kier molecular flexibility index (Phi) is 5.92. The van der Waals surface area contributed by atoms with Crippen molar-refractivity contribution in [1.29, 1.82) is 0 Å². The number of amides is 2. The molecule has 1 aromatic carbocycles. The number of benzene rings is 1. The fraction of sp³-hybridized carbons (Fsp3) is 0.529. The van der Waals surface area contributed by atoms with Gasteiger partial charge in [-0.25, -0.2) is 18.4 Å². The maximum atomic E-state index is 12.4. The molecule has 1 fully saturated rings. The quantitative estimate of drug-likeness (QED) is 0.826. The van der Waals surface area contributed by atoms with Crippen molar-refractivity contribution in [3.63, 3.8) is 0 Å². The summed E-state index contributed by atoms with van der Waals surface area (Å²) in [5.41, 5.74) is -0.0499. The zero-order chi connectivity index (χ0) is 19.5. The van der Waals surface area contributed by atoms with Crippen molar-refractivity contribution in [1.82, 2.24) is 4.90 Å². The molecule has 0 radical (unpaired) electrons. The van der Waals surface area contributed by atoms with Crippen molar-refractivity contribution < 1.29 is 22.7 Å². The van der Waals surface area contributed by atoms with Crippen molar-refractivity contribution in [3.05, 3.63) is 24.3 Å². The molecular formula is C17H25N3O5S. The number of nitrogens with zero attached hydrogens (tertiary/aromatic N) is 1. The SMILES string of the molecule is CC(C)(C)OC(=O)N1CCC(C(=O)Nc2ccc(S(N)(=O)=O)cc2)CC1. The second-order valence-electron chi connectivity index (χ2n) is 7.30. The largest absolute Gasteiger partial charge is 0.444 e. The molecular weight excluding hydrogens is 358 g/mol. The highest BCUT2D eigenvalue weighted by Gasteiger charge is 2.29. The van der Waals surface area contributed by atoms with Crippen LogP contribution in [-0.2, 0) is 19.6 Å². The molecule has 1 aromatic rings. The predicted molar refractivity (Wildman–Crippen MR) is 97.0 cm³/mol. The first-order valence-electron chi connectivity index (χ1n) is 8.37. The summed E-state index contributed by atoms with van der Waals surface area (Å²) >= 11 is 0. The molecule has 2 amide bonds. The number of piperidine rings is 1. The van der Waals surface area contributed by atoms with E-state index in [1.807, 2.05) is 20.8 Å². The standard InChI is InChI=1S/C17H25N3O5S/c1-17(2,3)25-16(22)20-10-8-12(9-11-20)15(21)19-13-4-6-14(7-5-13)26(18,23)24/h4-7,12H,8-11H2,1-3H3,(H,19,21)(H2,18,23,24). The molecule has 144 valence electrons. The Bertz CT molecular complexity index is 761. The van der Waals surface area contributed by atoms with Crippen molar-refractivity contribution in [2.45, 2.75) is 44.1 Å². The van der Waals surface area contributed by atoms with Gasteiger partial charge in [-0.2, -0.15) is 0 Å². The van der Waals surface area contributed by atoms with Gasteiger partial charge in [0.2, 0.25) is 15.9 Å². The Morgan fingerprint density at radius 1 is 1.15 bits per heavy atom. The van der Waals surface area contributed by atoms with Crippen LogP contribution in [0.25, 0.3) is 0 Å². The number of rotatable bonds is 3. The van der Waals surface area contributed by atoms with E-state index in [1.54, 1.807) is 4.90 Å². The van der Waals surface area contributed by atoms with Crippen LogP contribution in [0.15, 0.2) is 29.2 Å². The van der Waals surface area contributed by atoms with Crippen LogP contribution in [0.1, 0.15) is 33.6 Å². The maximum absolute atomic E-state index is 12.4. The molecule has 0 bridgehead atoms. The predicted octanol–water partition coefficient (Wildman–Crippen LogP) is 1.92. The van der Waals surface area contributed by atoms with Gasteiger partial charge in [-0.3, -0.25) is 4.79 Å². The van der Waals surface area contributed by atoms with Crippen LogP contribution in [0, 0.1) is 5.92 Å². The van der Waals surface area contributed by atoms with E-state index in [9.17, 15) is 18.0 Å². The van der Waals surface area contributed by atoms with Gasteiger partial charge < -0.3 is 15.0 Å². The Morgan fingerprint density at radius 2 is 1.69 bits per heavy atom. The highest BCUT2D eigenvalue weighted by Crippen LogP contribution is 2.22. The zero-order valence-electron chi connectivity index (χ0n) is 15.2. The van der Waals surface area contributed by atoms with Crippen molar-refractivity contribution in [3.8, 4) is 0 Å². The van der Waals surface area contributed by atoms with Gasteiger partial charge in [0.05, 0.1) is 4.90 Å². The van der Waals surface area contributed by atoms with Crippen LogP contribution in [-0.4, -0.2) is 44.0 Å². The fourth-order valence-electron chi connectivity index (χ4n) is 2.62. The second kappa shape index (κ2) is 7.63. The summed E-state index contributed by atoms with van der Waals surface area (Å²) in [5.74, 6) is -0.371. The number of nitrogens with one attached hydrogen (secondary N) is 1. The lowest BCUT2D eigenvalue weighted by atomic mass is 9.96. The lowest BCUT2D eigenvalue weighted by Gasteiger charge is -2.32. The van der Waals surface area contributed by atoms with E-state index in [4.69, 9.17) is 9.88 Å². The molecule has 3 N–H and O–H groups in total. The van der Waals surface area contributed by atoms with Crippen LogP contribution in [0.3, 0.4) is 0 Å². The monoisotopic (exact) mass is 383 g/mol. The molecule has 0 spiro atoms. The molecule has 1 aliphatic heterocycles. The molecule has 8 nitrogen and oxygen atoms in total. The van der Waals surface area contributed by atoms with E-state index >= 15 is 0 Å². The van der Waals surface area contributed by atoms with Gasteiger partial charge in [-0.1, -0.05) is 0 Å². The number of nitrogens with two attached hydrogens (primary N) is 1. The maximum Gasteiger partial charge on any atom is 0.410 e. The topological polar surface area (TPSA) is 119 Å². The summed E-state index contributed by atoms with van der Waals surface area (Å²) in [5, 5.41) is 7.81. The molecule has 2 rings (SSSR count). The average molecular weight is 383 g/mol. The molecule has 0 saturated carbocycles. The summed E-state index contributed by atoms with van der Waals surface area (Å²) in [6, 6.07) is 5.67. The highest BCUT2D eigenvalue weighted by atomic mass is 32.2. The first kappa shape index (κ1) is 20.2. The molecule has 26 heavy (non-hydrogen) atoms. The van der Waals surface area contributed by atoms with Crippen molar-refractivity contribution >= 4 is 27.7 Å². The minimum absolute atomic E-state index is 0.0128. The third-order valence-electron chi connectivity index (χ3n) is 3.97. The third-order valence-corrected chi connectivity index (χ3v) is 4.90. The molecule has 9 heteroatoms. The Morgan fingerprint density at radius 3 is 2.15 bits per heavy atom. The Hall–Kier alpha value is -2.13. The number of anilines is 1. The molecule has 1 saturated heterocycles. The number of sulfonamides is 1. The smallest absolute Gasteiger partial charge is 0.410 e. The fourth-order valence-corrected chi connectivity index (χ4v) is 3.14. The molecule has 0 aromatic heterocycles. The van der Waals surface area contributed by atoms with Gasteiger partial charge in [-0.15, -0.1) is 0 Å². The third kappa shape index (κ3) is 5.70. The van der Waals surface area contributed by atoms with E-state index in [0.717, 1.165) is 0 Å². The summed E-state index contributed by atoms with van der Waals surface area (Å²) in [6.07, 6.45) is 0.718. The normalized spacial score (nSPS) is 16.2. The first-order chi connectivity index (χ1) is 12.0. The zero-order valence-corrected chi connectivity index (χ0v) is 16.0.